The fourth-order valence-electron chi connectivity index (χ4n) is 2.02. The molecular weight excluding hydrogens is 250 g/mol. The van der Waals surface area contributed by atoms with Gasteiger partial charge in [0, 0.05) is 11.4 Å². The van der Waals surface area contributed by atoms with Crippen LogP contribution in [0.25, 0.3) is 0 Å². The molecule has 4 nitrogen and oxygen atoms in total. The number of nitrogens with one attached hydrogen (secondary N) is 1. The van der Waals surface area contributed by atoms with Gasteiger partial charge in [-0.15, -0.1) is 0 Å². The Labute approximate surface area is 111 Å². The third kappa shape index (κ3) is 2.56. The van der Waals surface area contributed by atoms with Crippen LogP contribution in [0.5, 0.6) is 5.75 Å². The summed E-state index contributed by atoms with van der Waals surface area (Å²) in [6.45, 7) is 0. The van der Waals surface area contributed by atoms with E-state index in [-0.39, 0.29) is 5.97 Å². The Balaban J connectivity index is 2.15. The Morgan fingerprint density at radius 3 is 2.56 bits per heavy atom. The summed E-state index contributed by atoms with van der Waals surface area (Å²) >= 11 is 1.76. The van der Waals surface area contributed by atoms with Gasteiger partial charge >= 0.3 is 5.97 Å². The van der Waals surface area contributed by atoms with Crippen molar-refractivity contribution in [2.75, 3.05) is 31.0 Å². The smallest absolute Gasteiger partial charge is 0.332 e. The van der Waals surface area contributed by atoms with Gasteiger partial charge in [0.2, 0.25) is 0 Å². The van der Waals surface area contributed by atoms with E-state index in [9.17, 15) is 4.79 Å². The van der Waals surface area contributed by atoms with Crippen LogP contribution in [-0.4, -0.2) is 37.2 Å². The molecule has 1 heterocycles. The number of ether oxygens (including phenoxy) is 2. The molecule has 0 amide bonds. The molecule has 0 spiro atoms. The van der Waals surface area contributed by atoms with Crippen LogP contribution in [0.3, 0.4) is 0 Å². The highest BCUT2D eigenvalue weighted by atomic mass is 32.2. The average Bonchev–Trinajstić information content (AvgIpc) is 2.88. The Kier molecular flexibility index (Phi) is 4.01. The highest BCUT2D eigenvalue weighted by molar-refractivity contribution is 7.99. The molecule has 0 saturated carbocycles. The third-order valence-corrected chi connectivity index (χ3v) is 4.26. The van der Waals surface area contributed by atoms with Gasteiger partial charge in [-0.25, -0.2) is 4.79 Å². The van der Waals surface area contributed by atoms with Gasteiger partial charge in [0.05, 0.1) is 14.2 Å². The number of benzene rings is 1. The van der Waals surface area contributed by atoms with Crippen molar-refractivity contribution in [2.24, 2.45) is 0 Å². The van der Waals surface area contributed by atoms with Gasteiger partial charge in [0.15, 0.2) is 0 Å². The number of hydrogen-bond donors (Lipinski definition) is 1. The summed E-state index contributed by atoms with van der Waals surface area (Å²) in [5.74, 6) is 2.32. The molecule has 18 heavy (non-hydrogen) atoms. The molecule has 98 valence electrons. The molecular formula is C13H17NO3S. The lowest BCUT2D eigenvalue weighted by molar-refractivity contribution is -0.145. The second-order valence-corrected chi connectivity index (χ2v) is 5.33. The number of hydrogen-bond acceptors (Lipinski definition) is 5. The van der Waals surface area contributed by atoms with E-state index in [1.165, 1.54) is 7.11 Å². The average molecular weight is 267 g/mol. The third-order valence-electron chi connectivity index (χ3n) is 3.07. The summed E-state index contributed by atoms with van der Waals surface area (Å²) in [4.78, 5) is 11.9. The van der Waals surface area contributed by atoms with Gasteiger partial charge in [-0.05, 0) is 36.4 Å². The van der Waals surface area contributed by atoms with E-state index < -0.39 is 5.54 Å². The lowest BCUT2D eigenvalue weighted by Gasteiger charge is -2.27. The molecule has 0 aromatic heterocycles. The fraction of sp³-hybridized carbons (Fsp3) is 0.462. The topological polar surface area (TPSA) is 47.6 Å². The number of thioether (sulfide) groups is 1. The minimum Gasteiger partial charge on any atom is -0.497 e. The lowest BCUT2D eigenvalue weighted by atomic mass is 9.98. The number of rotatable bonds is 4. The van der Waals surface area contributed by atoms with Crippen LogP contribution < -0.4 is 10.1 Å². The molecule has 2 rings (SSSR count). The molecule has 1 aromatic rings. The SMILES string of the molecule is COC(=O)C1(Nc2ccc(OC)cc2)CCSC1. The zero-order valence-corrected chi connectivity index (χ0v) is 11.4. The van der Waals surface area contributed by atoms with Crippen molar-refractivity contribution < 1.29 is 14.3 Å². The fourth-order valence-corrected chi connectivity index (χ4v) is 3.34. The largest absolute Gasteiger partial charge is 0.497 e. The van der Waals surface area contributed by atoms with E-state index in [1.807, 2.05) is 24.3 Å². The van der Waals surface area contributed by atoms with Gasteiger partial charge in [-0.1, -0.05) is 0 Å². The van der Waals surface area contributed by atoms with Gasteiger partial charge < -0.3 is 14.8 Å². The molecule has 1 aromatic carbocycles. The number of anilines is 1. The van der Waals surface area contributed by atoms with E-state index in [4.69, 9.17) is 9.47 Å². The van der Waals surface area contributed by atoms with Gasteiger partial charge in [-0.2, -0.15) is 11.8 Å². The maximum atomic E-state index is 11.9. The van der Waals surface area contributed by atoms with Crippen molar-refractivity contribution in [1.82, 2.24) is 0 Å². The van der Waals surface area contributed by atoms with Crippen LogP contribution in [0.15, 0.2) is 24.3 Å². The van der Waals surface area contributed by atoms with Crippen molar-refractivity contribution in [1.29, 1.82) is 0 Å². The van der Waals surface area contributed by atoms with E-state index in [0.29, 0.717) is 0 Å². The molecule has 1 N–H and O–H groups in total. The number of carbonyl (C=O) groups is 1. The first kappa shape index (κ1) is 13.1. The van der Waals surface area contributed by atoms with Crippen LogP contribution in [0.4, 0.5) is 5.69 Å². The summed E-state index contributed by atoms with van der Waals surface area (Å²) in [6, 6.07) is 7.56. The van der Waals surface area contributed by atoms with Crippen molar-refractivity contribution in [3.05, 3.63) is 24.3 Å². The minimum atomic E-state index is -0.589. The van der Waals surface area contributed by atoms with Crippen LogP contribution in [0, 0.1) is 0 Å². The first-order valence-corrected chi connectivity index (χ1v) is 6.94. The van der Waals surface area contributed by atoms with Crippen molar-refractivity contribution >= 4 is 23.4 Å². The number of methoxy groups -OCH3 is 2. The van der Waals surface area contributed by atoms with E-state index in [2.05, 4.69) is 5.32 Å². The second kappa shape index (κ2) is 5.52. The summed E-state index contributed by atoms with van der Waals surface area (Å²) in [6.07, 6.45) is 0.788. The van der Waals surface area contributed by atoms with E-state index in [1.54, 1.807) is 18.9 Å². The second-order valence-electron chi connectivity index (χ2n) is 4.23. The number of carbonyl (C=O) groups excluding carboxylic acids is 1. The molecule has 5 heteroatoms. The van der Waals surface area contributed by atoms with Crippen molar-refractivity contribution in [3.8, 4) is 5.75 Å². The monoisotopic (exact) mass is 267 g/mol. The highest BCUT2D eigenvalue weighted by Crippen LogP contribution is 2.33. The van der Waals surface area contributed by atoms with Crippen LogP contribution in [-0.2, 0) is 9.53 Å². The molecule has 0 bridgehead atoms. The van der Waals surface area contributed by atoms with Crippen LogP contribution >= 0.6 is 11.8 Å². The number of esters is 1. The van der Waals surface area contributed by atoms with Crippen LogP contribution in [0.2, 0.25) is 0 Å². The first-order valence-electron chi connectivity index (χ1n) is 5.78. The maximum absolute atomic E-state index is 11.9. The molecule has 1 aliphatic heterocycles. The molecule has 0 radical (unpaired) electrons. The minimum absolute atomic E-state index is 0.191. The Morgan fingerprint density at radius 2 is 2.06 bits per heavy atom. The predicted molar refractivity (Wildman–Crippen MR) is 73.3 cm³/mol. The van der Waals surface area contributed by atoms with Gasteiger partial charge in [0.25, 0.3) is 0 Å². The molecule has 0 aliphatic carbocycles. The molecule has 1 fully saturated rings. The van der Waals surface area contributed by atoms with Gasteiger partial charge in [0.1, 0.15) is 11.3 Å². The maximum Gasteiger partial charge on any atom is 0.332 e. The van der Waals surface area contributed by atoms with Crippen molar-refractivity contribution in [2.45, 2.75) is 12.0 Å². The quantitative estimate of drug-likeness (QED) is 0.847. The summed E-state index contributed by atoms with van der Waals surface area (Å²) in [7, 11) is 3.06. The highest BCUT2D eigenvalue weighted by Gasteiger charge is 2.42. The normalized spacial score (nSPS) is 22.6. The first-order chi connectivity index (χ1) is 8.70. The predicted octanol–water partition coefficient (Wildman–Crippen LogP) is 2.16. The Morgan fingerprint density at radius 1 is 1.33 bits per heavy atom. The lowest BCUT2D eigenvalue weighted by Crippen LogP contribution is -2.47. The zero-order valence-electron chi connectivity index (χ0n) is 10.6. The molecule has 1 unspecified atom stereocenters. The summed E-state index contributed by atoms with van der Waals surface area (Å²) < 4.78 is 10.0. The summed E-state index contributed by atoms with van der Waals surface area (Å²) in [5.41, 5.74) is 0.317. The Hall–Kier alpha value is -1.36. The zero-order chi connectivity index (χ0) is 13.0. The molecule has 1 saturated heterocycles. The van der Waals surface area contributed by atoms with Gasteiger partial charge in [-0.3, -0.25) is 0 Å². The molecule has 1 atom stereocenters. The van der Waals surface area contributed by atoms with Crippen molar-refractivity contribution in [3.63, 3.8) is 0 Å². The van der Waals surface area contributed by atoms with E-state index >= 15 is 0 Å². The van der Waals surface area contributed by atoms with E-state index in [0.717, 1.165) is 29.4 Å². The summed E-state index contributed by atoms with van der Waals surface area (Å²) in [5, 5.41) is 3.31. The van der Waals surface area contributed by atoms with Crippen LogP contribution in [0.1, 0.15) is 6.42 Å². The standard InChI is InChI=1S/C13H17NO3S/c1-16-11-5-3-10(4-6-11)14-13(12(15)17-2)7-8-18-9-13/h3-6,14H,7-9H2,1-2H3. The Bertz CT molecular complexity index is 413. The molecule has 1 aliphatic rings.